The van der Waals surface area contributed by atoms with Gasteiger partial charge in [0, 0.05) is 38.8 Å². The van der Waals surface area contributed by atoms with Crippen LogP contribution in [0.1, 0.15) is 41.2 Å². The predicted molar refractivity (Wildman–Crippen MR) is 104 cm³/mol. The normalized spacial score (nSPS) is 18.7. The van der Waals surface area contributed by atoms with Crippen molar-refractivity contribution in [3.05, 3.63) is 40.2 Å². The lowest BCUT2D eigenvalue weighted by atomic mass is 9.86. The molecule has 2 aromatic rings. The highest BCUT2D eigenvalue weighted by molar-refractivity contribution is 5.85. The van der Waals surface area contributed by atoms with E-state index in [1.54, 1.807) is 9.58 Å². The van der Waals surface area contributed by atoms with Crippen molar-refractivity contribution in [2.45, 2.75) is 52.6 Å². The number of ether oxygens (including phenoxy) is 1. The number of carbonyl (C=O) groups is 1. The number of phenols is 1. The number of phenolic OH excluding ortho intramolecular Hbond substituents is 1. The molecule has 0 radical (unpaired) electrons. The molecule has 1 N–H and O–H groups in total. The van der Waals surface area contributed by atoms with Crippen LogP contribution in [0.25, 0.3) is 0 Å². The molecule has 2 heterocycles. The highest BCUT2D eigenvalue weighted by Crippen LogP contribution is 2.43. The molecule has 3 rings (SSSR count). The number of aromatic hydroxyl groups is 1. The number of benzene rings is 1. The number of hydrogen-bond donors (Lipinski definition) is 1. The van der Waals surface area contributed by atoms with E-state index in [0.717, 1.165) is 40.0 Å². The summed E-state index contributed by atoms with van der Waals surface area (Å²) in [6.45, 7) is 8.22. The quantitative estimate of drug-likeness (QED) is 0.897. The molecular formula is C21H29N3O3. The molecule has 1 aromatic carbocycles. The smallest absolute Gasteiger partial charge is 0.266 e. The lowest BCUT2D eigenvalue weighted by Gasteiger charge is -2.38. The van der Waals surface area contributed by atoms with Gasteiger partial charge in [-0.15, -0.1) is 0 Å². The van der Waals surface area contributed by atoms with E-state index in [0.29, 0.717) is 25.1 Å². The van der Waals surface area contributed by atoms with Gasteiger partial charge in [0.2, 0.25) is 0 Å². The van der Waals surface area contributed by atoms with Crippen LogP contribution in [0, 0.1) is 20.8 Å². The molecule has 0 bridgehead atoms. The Hall–Kier alpha value is -2.50. The first-order valence-corrected chi connectivity index (χ1v) is 9.37. The molecule has 1 atom stereocenters. The summed E-state index contributed by atoms with van der Waals surface area (Å²) in [4.78, 5) is 14.9. The molecule has 1 aliphatic heterocycles. The van der Waals surface area contributed by atoms with Crippen molar-refractivity contribution in [3.63, 3.8) is 0 Å². The first-order chi connectivity index (χ1) is 12.6. The van der Waals surface area contributed by atoms with Gasteiger partial charge in [-0.2, -0.15) is 5.10 Å². The number of carbonyl (C=O) groups excluding carboxylic acids is 1. The fourth-order valence-electron chi connectivity index (χ4n) is 3.80. The first kappa shape index (κ1) is 19.3. The van der Waals surface area contributed by atoms with E-state index in [-0.39, 0.29) is 5.91 Å². The lowest BCUT2D eigenvalue weighted by Crippen LogP contribution is -2.52. The highest BCUT2D eigenvalue weighted by Gasteiger charge is 2.42. The molecule has 0 saturated carbocycles. The Kier molecular flexibility index (Phi) is 4.93. The average Bonchev–Trinajstić information content (AvgIpc) is 3.07. The van der Waals surface area contributed by atoms with Gasteiger partial charge in [0.1, 0.15) is 11.5 Å². The van der Waals surface area contributed by atoms with Gasteiger partial charge in [0.05, 0.1) is 6.20 Å². The summed E-state index contributed by atoms with van der Waals surface area (Å²) in [5.41, 5.74) is 3.80. The number of nitrogens with zero attached hydrogens (tertiary/aromatic N) is 3. The van der Waals surface area contributed by atoms with Gasteiger partial charge in [-0.3, -0.25) is 9.48 Å². The molecule has 146 valence electrons. The molecule has 6 heteroatoms. The second-order valence-corrected chi connectivity index (χ2v) is 7.86. The maximum absolute atomic E-state index is 13.1. The van der Waals surface area contributed by atoms with Crippen LogP contribution < -0.4 is 4.74 Å². The molecule has 27 heavy (non-hydrogen) atoms. The maximum Gasteiger partial charge on any atom is 0.266 e. The third-order valence-corrected chi connectivity index (χ3v) is 5.81. The second-order valence-electron chi connectivity index (χ2n) is 7.86. The minimum absolute atomic E-state index is 0.0141. The molecule has 6 nitrogen and oxygen atoms in total. The number of amides is 1. The van der Waals surface area contributed by atoms with Gasteiger partial charge in [-0.05, 0) is 62.8 Å². The summed E-state index contributed by atoms with van der Waals surface area (Å²) in [7, 11) is 3.71. The van der Waals surface area contributed by atoms with Gasteiger partial charge in [0.15, 0.2) is 5.60 Å². The van der Waals surface area contributed by atoms with Gasteiger partial charge in [0.25, 0.3) is 5.91 Å². The van der Waals surface area contributed by atoms with E-state index in [1.807, 2.05) is 54.2 Å². The van der Waals surface area contributed by atoms with E-state index >= 15 is 0 Å². The van der Waals surface area contributed by atoms with Crippen molar-refractivity contribution < 1.29 is 14.6 Å². The second kappa shape index (κ2) is 6.91. The summed E-state index contributed by atoms with van der Waals surface area (Å²) in [6, 6.07) is 0. The number of rotatable bonds is 4. The Morgan fingerprint density at radius 3 is 2.67 bits per heavy atom. The molecule has 0 spiro atoms. The van der Waals surface area contributed by atoms with Crippen molar-refractivity contribution in [1.82, 2.24) is 14.7 Å². The summed E-state index contributed by atoms with van der Waals surface area (Å²) < 4.78 is 8.05. The standard InChI is InChI=1S/C21H29N3O3/c1-13-14(2)19-17(15(3)18(13)25)7-9-21(4,27-19)20(26)23(5)10-8-16-11-22-24(6)12-16/h11-12,25H,7-10H2,1-6H3/t21-/m0/s1. The average molecular weight is 371 g/mol. The minimum atomic E-state index is -0.892. The Balaban J connectivity index is 1.78. The van der Waals surface area contributed by atoms with Gasteiger partial charge < -0.3 is 14.7 Å². The first-order valence-electron chi connectivity index (χ1n) is 9.37. The third kappa shape index (κ3) is 3.40. The number of aromatic nitrogens is 2. The van der Waals surface area contributed by atoms with Crippen LogP contribution in [0.5, 0.6) is 11.5 Å². The molecular weight excluding hydrogens is 342 g/mol. The van der Waals surface area contributed by atoms with E-state index < -0.39 is 5.60 Å². The van der Waals surface area contributed by atoms with Crippen LogP contribution in [-0.2, 0) is 24.7 Å². The van der Waals surface area contributed by atoms with Crippen molar-refractivity contribution in [2.24, 2.45) is 7.05 Å². The molecule has 0 fully saturated rings. The molecule has 1 aromatic heterocycles. The molecule has 1 amide bonds. The zero-order valence-corrected chi connectivity index (χ0v) is 17.1. The van der Waals surface area contributed by atoms with Crippen LogP contribution in [-0.4, -0.2) is 44.9 Å². The topological polar surface area (TPSA) is 67.6 Å². The summed E-state index contributed by atoms with van der Waals surface area (Å²) >= 11 is 0. The number of hydrogen-bond acceptors (Lipinski definition) is 4. The van der Waals surface area contributed by atoms with Gasteiger partial charge in [-0.25, -0.2) is 0 Å². The Morgan fingerprint density at radius 2 is 2.04 bits per heavy atom. The Bertz CT molecular complexity index is 887. The largest absolute Gasteiger partial charge is 0.507 e. The van der Waals surface area contributed by atoms with Gasteiger partial charge in [-0.1, -0.05) is 0 Å². The fourth-order valence-corrected chi connectivity index (χ4v) is 3.80. The zero-order valence-electron chi connectivity index (χ0n) is 17.1. The number of aryl methyl sites for hydroxylation is 1. The summed E-state index contributed by atoms with van der Waals surface area (Å²) in [5.74, 6) is 1.07. The van der Waals surface area contributed by atoms with Crippen molar-refractivity contribution in [1.29, 1.82) is 0 Å². The van der Waals surface area contributed by atoms with Crippen LogP contribution >= 0.6 is 0 Å². The maximum atomic E-state index is 13.1. The van der Waals surface area contributed by atoms with Crippen molar-refractivity contribution in [3.8, 4) is 11.5 Å². The van der Waals surface area contributed by atoms with Crippen molar-refractivity contribution >= 4 is 5.91 Å². The van der Waals surface area contributed by atoms with Crippen molar-refractivity contribution in [2.75, 3.05) is 13.6 Å². The number of likely N-dealkylation sites (N-methyl/N-ethyl adjacent to an activating group) is 1. The van der Waals surface area contributed by atoms with E-state index in [4.69, 9.17) is 4.74 Å². The van der Waals surface area contributed by atoms with Crippen LogP contribution in [0.15, 0.2) is 12.4 Å². The molecule has 1 aliphatic rings. The SMILES string of the molecule is Cc1c(C)c2c(c(C)c1O)CC[C@@](C)(C(=O)N(C)CCc1cnn(C)c1)O2. The molecule has 0 unspecified atom stereocenters. The lowest BCUT2D eigenvalue weighted by molar-refractivity contribution is -0.146. The summed E-state index contributed by atoms with van der Waals surface area (Å²) in [5, 5.41) is 14.5. The zero-order chi connectivity index (χ0) is 19.9. The van der Waals surface area contributed by atoms with E-state index in [9.17, 15) is 9.90 Å². The fraction of sp³-hybridized carbons (Fsp3) is 0.524. The Morgan fingerprint density at radius 1 is 1.33 bits per heavy atom. The highest BCUT2D eigenvalue weighted by atomic mass is 16.5. The number of fused-ring (bicyclic) bond motifs is 1. The van der Waals surface area contributed by atoms with E-state index in [1.165, 1.54) is 0 Å². The third-order valence-electron chi connectivity index (χ3n) is 5.81. The molecule has 0 aliphatic carbocycles. The summed E-state index contributed by atoms with van der Waals surface area (Å²) in [6.07, 6.45) is 5.87. The van der Waals surface area contributed by atoms with Crippen LogP contribution in [0.2, 0.25) is 0 Å². The predicted octanol–water partition coefficient (Wildman–Crippen LogP) is 2.84. The van der Waals surface area contributed by atoms with E-state index in [2.05, 4.69) is 5.10 Å². The van der Waals surface area contributed by atoms with Crippen LogP contribution in [0.4, 0.5) is 0 Å². The Labute approximate surface area is 160 Å². The monoisotopic (exact) mass is 371 g/mol. The van der Waals surface area contributed by atoms with Gasteiger partial charge >= 0.3 is 0 Å². The van der Waals surface area contributed by atoms with Crippen LogP contribution in [0.3, 0.4) is 0 Å². The minimum Gasteiger partial charge on any atom is -0.507 e. The molecule has 0 saturated heterocycles.